The molecule has 0 spiro atoms. The summed E-state index contributed by atoms with van der Waals surface area (Å²) in [5.74, 6) is -0.979. The van der Waals surface area contributed by atoms with Crippen LogP contribution >= 0.6 is 0 Å². The molecule has 1 N–H and O–H groups in total. The van der Waals surface area contributed by atoms with E-state index >= 15 is 0 Å². The fourth-order valence-electron chi connectivity index (χ4n) is 4.35. The SMILES string of the molecule is CCCNC(=O)N1C[C@@H](N(C)C(=O)N(C)c2cc(C(F)(F)F)cc(C(F)(F)F)c2)[C@H](c2ccc(F)cc2)C1. The Kier molecular flexibility index (Phi) is 8.47. The van der Waals surface area contributed by atoms with Crippen LogP contribution in [0, 0.1) is 5.82 Å². The number of carbonyl (C=O) groups is 2. The first-order chi connectivity index (χ1) is 17.6. The summed E-state index contributed by atoms with van der Waals surface area (Å²) >= 11 is 0. The average molecular weight is 549 g/mol. The highest BCUT2D eigenvalue weighted by molar-refractivity contribution is 5.92. The van der Waals surface area contributed by atoms with E-state index in [2.05, 4.69) is 5.32 Å². The van der Waals surface area contributed by atoms with Crippen molar-refractivity contribution >= 4 is 17.7 Å². The third-order valence-corrected chi connectivity index (χ3v) is 6.45. The Morgan fingerprint density at radius 3 is 2.00 bits per heavy atom. The minimum atomic E-state index is -5.07. The number of alkyl halides is 6. The van der Waals surface area contributed by atoms with E-state index in [0.717, 1.165) is 7.05 Å². The van der Waals surface area contributed by atoms with Crippen molar-refractivity contribution in [1.29, 1.82) is 0 Å². The molecule has 3 rings (SSSR count). The molecule has 2 aromatic carbocycles. The Bertz CT molecular complexity index is 1120. The number of halogens is 7. The van der Waals surface area contributed by atoms with Crippen molar-refractivity contribution in [2.45, 2.75) is 37.7 Å². The lowest BCUT2D eigenvalue weighted by atomic mass is 9.93. The van der Waals surface area contributed by atoms with Gasteiger partial charge in [0.05, 0.1) is 17.2 Å². The largest absolute Gasteiger partial charge is 0.416 e. The Hall–Kier alpha value is -3.51. The summed E-state index contributed by atoms with van der Waals surface area (Å²) in [5.41, 5.74) is -3.08. The van der Waals surface area contributed by atoms with Gasteiger partial charge in [-0.3, -0.25) is 4.90 Å². The van der Waals surface area contributed by atoms with Gasteiger partial charge in [-0.15, -0.1) is 0 Å². The van der Waals surface area contributed by atoms with Crippen LogP contribution in [0.25, 0.3) is 0 Å². The first-order valence-electron chi connectivity index (χ1n) is 11.7. The Labute approximate surface area is 215 Å². The first kappa shape index (κ1) is 29.1. The van der Waals surface area contributed by atoms with Crippen molar-refractivity contribution in [3.8, 4) is 0 Å². The fraction of sp³-hybridized carbons (Fsp3) is 0.440. The van der Waals surface area contributed by atoms with Crippen LogP contribution in [0.4, 0.5) is 46.0 Å². The van der Waals surface area contributed by atoms with Gasteiger partial charge in [0.1, 0.15) is 5.82 Å². The molecule has 0 unspecified atom stereocenters. The molecule has 1 fully saturated rings. The summed E-state index contributed by atoms with van der Waals surface area (Å²) in [6, 6.07) is 4.41. The second-order valence-electron chi connectivity index (χ2n) is 9.08. The van der Waals surface area contributed by atoms with E-state index in [-0.39, 0.29) is 25.2 Å². The fourth-order valence-corrected chi connectivity index (χ4v) is 4.35. The molecule has 2 atom stereocenters. The van der Waals surface area contributed by atoms with Crippen LogP contribution in [0.1, 0.15) is 36.0 Å². The lowest BCUT2D eigenvalue weighted by molar-refractivity contribution is -0.143. The van der Waals surface area contributed by atoms with E-state index in [1.165, 1.54) is 41.1 Å². The van der Waals surface area contributed by atoms with Crippen LogP contribution in [-0.2, 0) is 12.4 Å². The van der Waals surface area contributed by atoms with Crippen LogP contribution in [-0.4, -0.2) is 61.6 Å². The predicted octanol–water partition coefficient (Wildman–Crippen LogP) is 5.94. The summed E-state index contributed by atoms with van der Waals surface area (Å²) in [4.78, 5) is 29.3. The second-order valence-corrected chi connectivity index (χ2v) is 9.08. The van der Waals surface area contributed by atoms with E-state index in [9.17, 15) is 40.3 Å². The monoisotopic (exact) mass is 548 g/mol. The maximum absolute atomic E-state index is 13.5. The van der Waals surface area contributed by atoms with E-state index < -0.39 is 53.0 Å². The number of hydrogen-bond donors (Lipinski definition) is 1. The van der Waals surface area contributed by atoms with Crippen molar-refractivity contribution < 1.29 is 40.3 Å². The zero-order valence-corrected chi connectivity index (χ0v) is 20.8. The van der Waals surface area contributed by atoms with E-state index in [4.69, 9.17) is 0 Å². The maximum Gasteiger partial charge on any atom is 0.416 e. The minimum Gasteiger partial charge on any atom is -0.338 e. The normalized spacial score (nSPS) is 17.9. The average Bonchev–Trinajstić information content (AvgIpc) is 3.30. The van der Waals surface area contributed by atoms with Crippen molar-refractivity contribution in [1.82, 2.24) is 15.1 Å². The summed E-state index contributed by atoms with van der Waals surface area (Å²) < 4.78 is 93.5. The number of carbonyl (C=O) groups excluding carboxylic acids is 2. The molecular weight excluding hydrogens is 521 g/mol. The molecule has 1 aliphatic heterocycles. The smallest absolute Gasteiger partial charge is 0.338 e. The van der Waals surface area contributed by atoms with E-state index in [1.807, 2.05) is 6.92 Å². The van der Waals surface area contributed by atoms with E-state index in [0.29, 0.717) is 35.6 Å². The number of rotatable bonds is 5. The first-order valence-corrected chi connectivity index (χ1v) is 11.7. The third-order valence-electron chi connectivity index (χ3n) is 6.45. The highest BCUT2D eigenvalue weighted by Crippen LogP contribution is 2.39. The Balaban J connectivity index is 1.94. The number of likely N-dealkylation sites (tertiary alicyclic amines) is 1. The van der Waals surface area contributed by atoms with Crippen molar-refractivity contribution in [2.75, 3.05) is 38.6 Å². The summed E-state index contributed by atoms with van der Waals surface area (Å²) in [6.45, 7) is 2.49. The maximum atomic E-state index is 13.5. The van der Waals surface area contributed by atoms with Crippen LogP contribution < -0.4 is 10.2 Å². The topological polar surface area (TPSA) is 55.9 Å². The van der Waals surface area contributed by atoms with Gasteiger partial charge < -0.3 is 15.1 Å². The van der Waals surface area contributed by atoms with Crippen LogP contribution in [0.2, 0.25) is 0 Å². The van der Waals surface area contributed by atoms with Crippen molar-refractivity contribution in [2.24, 2.45) is 0 Å². The number of anilines is 1. The standard InChI is InChI=1S/C25H27F7N4O2/c1-4-9-33-22(37)36-13-20(15-5-7-18(26)8-6-15)21(14-36)35(3)23(38)34(2)19-11-16(24(27,28)29)10-17(12-19)25(30,31)32/h5-8,10-12,20-21H,4,9,13-14H2,1-3H3,(H,33,37)/t20-,21+/m0/s1. The van der Waals surface area contributed by atoms with Gasteiger partial charge in [0, 0.05) is 45.3 Å². The molecule has 38 heavy (non-hydrogen) atoms. The number of nitrogens with zero attached hydrogens (tertiary/aromatic N) is 3. The van der Waals surface area contributed by atoms with Gasteiger partial charge in [-0.25, -0.2) is 14.0 Å². The number of amides is 4. The molecule has 208 valence electrons. The highest BCUT2D eigenvalue weighted by atomic mass is 19.4. The van der Waals surface area contributed by atoms with Gasteiger partial charge in [0.15, 0.2) is 0 Å². The minimum absolute atomic E-state index is 0.0140. The van der Waals surface area contributed by atoms with Gasteiger partial charge in [-0.2, -0.15) is 26.3 Å². The molecule has 0 aromatic heterocycles. The summed E-state index contributed by atoms with van der Waals surface area (Å²) in [7, 11) is 2.42. The summed E-state index contributed by atoms with van der Waals surface area (Å²) in [6.07, 6.45) is -9.46. The molecule has 0 radical (unpaired) electrons. The lowest BCUT2D eigenvalue weighted by Crippen LogP contribution is -2.48. The molecular formula is C25H27F7N4O2. The highest BCUT2D eigenvalue weighted by Gasteiger charge is 2.42. The molecule has 13 heteroatoms. The molecule has 0 aliphatic carbocycles. The van der Waals surface area contributed by atoms with E-state index in [1.54, 1.807) is 0 Å². The van der Waals surface area contributed by atoms with Crippen molar-refractivity contribution in [3.63, 3.8) is 0 Å². The number of likely N-dealkylation sites (N-methyl/N-ethyl adjacent to an activating group) is 1. The van der Waals surface area contributed by atoms with Gasteiger partial charge in [-0.05, 0) is 42.3 Å². The zero-order chi connectivity index (χ0) is 28.4. The van der Waals surface area contributed by atoms with Gasteiger partial charge in [-0.1, -0.05) is 19.1 Å². The molecule has 0 saturated carbocycles. The van der Waals surface area contributed by atoms with Gasteiger partial charge in [0.2, 0.25) is 0 Å². The number of nitrogens with one attached hydrogen (secondary N) is 1. The molecule has 1 heterocycles. The molecule has 0 bridgehead atoms. The zero-order valence-electron chi connectivity index (χ0n) is 20.8. The van der Waals surface area contributed by atoms with Gasteiger partial charge in [0.25, 0.3) is 0 Å². The molecule has 1 saturated heterocycles. The van der Waals surface area contributed by atoms with Gasteiger partial charge >= 0.3 is 24.4 Å². The predicted molar refractivity (Wildman–Crippen MR) is 126 cm³/mol. The Morgan fingerprint density at radius 2 is 1.50 bits per heavy atom. The molecule has 6 nitrogen and oxygen atoms in total. The van der Waals surface area contributed by atoms with Crippen LogP contribution in [0.15, 0.2) is 42.5 Å². The van der Waals surface area contributed by atoms with Crippen LogP contribution in [0.5, 0.6) is 0 Å². The lowest BCUT2D eigenvalue weighted by Gasteiger charge is -2.33. The third kappa shape index (κ3) is 6.48. The molecule has 4 amide bonds. The number of urea groups is 2. The number of hydrogen-bond acceptors (Lipinski definition) is 2. The summed E-state index contributed by atoms with van der Waals surface area (Å²) in [5, 5.41) is 2.73. The molecule has 2 aromatic rings. The Morgan fingerprint density at radius 1 is 0.947 bits per heavy atom. The second kappa shape index (κ2) is 11.1. The molecule has 1 aliphatic rings. The number of benzene rings is 2. The van der Waals surface area contributed by atoms with Crippen LogP contribution in [0.3, 0.4) is 0 Å². The van der Waals surface area contributed by atoms with Crippen molar-refractivity contribution in [3.05, 3.63) is 65.0 Å². The quantitative estimate of drug-likeness (QED) is 0.471.